The molecule has 20 heavy (non-hydrogen) atoms. The zero-order valence-electron chi connectivity index (χ0n) is 10.3. The Hall–Kier alpha value is -2.42. The van der Waals surface area contributed by atoms with Gasteiger partial charge in [0.15, 0.2) is 0 Å². The summed E-state index contributed by atoms with van der Waals surface area (Å²) >= 11 is 0. The Kier molecular flexibility index (Phi) is 3.70. The van der Waals surface area contributed by atoms with E-state index in [1.54, 1.807) is 13.2 Å². The van der Waals surface area contributed by atoms with Crippen LogP contribution < -0.4 is 9.50 Å². The quantitative estimate of drug-likeness (QED) is 0.858. The van der Waals surface area contributed by atoms with Crippen molar-refractivity contribution < 1.29 is 21.3 Å². The number of nitrogens with one attached hydrogen (secondary N) is 1. The molecular weight excluding hydrogens is 289 g/mol. The Morgan fingerprint density at radius 3 is 2.50 bits per heavy atom. The van der Waals surface area contributed by atoms with Crippen molar-refractivity contribution in [1.82, 2.24) is 9.78 Å². The first-order valence-corrected chi connectivity index (χ1v) is 6.68. The lowest BCUT2D eigenvalue weighted by atomic mass is 10.3. The minimum Gasteiger partial charge on any atom is -0.358 e. The van der Waals surface area contributed by atoms with Gasteiger partial charge in [-0.1, -0.05) is 3.89 Å². The fourth-order valence-corrected chi connectivity index (χ4v) is 1.79. The molecule has 0 saturated carbocycles. The predicted molar refractivity (Wildman–Crippen MR) is 68.3 cm³/mol. The Labute approximate surface area is 114 Å². The van der Waals surface area contributed by atoms with Gasteiger partial charge in [-0.3, -0.25) is 9.48 Å². The maximum absolute atomic E-state index is 12.3. The third-order valence-electron chi connectivity index (χ3n) is 2.28. The third-order valence-corrected chi connectivity index (χ3v) is 2.67. The summed E-state index contributed by atoms with van der Waals surface area (Å²) in [5, 5.41) is 6.43. The molecule has 1 N–H and O–H groups in total. The van der Waals surface area contributed by atoms with Gasteiger partial charge in [-0.2, -0.15) is 13.5 Å². The molecule has 0 saturated heterocycles. The van der Waals surface area contributed by atoms with Crippen LogP contribution in [0.5, 0.6) is 5.75 Å². The number of aryl methyl sites for hydroxylation is 1. The van der Waals surface area contributed by atoms with Crippen LogP contribution in [-0.2, 0) is 17.6 Å². The van der Waals surface area contributed by atoms with Gasteiger partial charge < -0.3 is 9.50 Å². The van der Waals surface area contributed by atoms with Crippen molar-refractivity contribution in [3.63, 3.8) is 0 Å². The number of rotatable bonds is 4. The molecule has 0 unspecified atom stereocenters. The van der Waals surface area contributed by atoms with E-state index in [4.69, 9.17) is 0 Å². The number of hydrogen-bond donors (Lipinski definition) is 1. The van der Waals surface area contributed by atoms with Gasteiger partial charge in [-0.25, -0.2) is 0 Å². The van der Waals surface area contributed by atoms with Gasteiger partial charge in [0.1, 0.15) is 5.75 Å². The molecule has 1 heterocycles. The van der Waals surface area contributed by atoms with Crippen molar-refractivity contribution in [2.75, 3.05) is 5.32 Å². The second kappa shape index (κ2) is 5.29. The Morgan fingerprint density at radius 1 is 1.35 bits per heavy atom. The highest BCUT2D eigenvalue weighted by atomic mass is 32.3. The molecule has 0 bridgehead atoms. The number of carbonyl (C=O) groups excluding carboxylic acids is 1. The summed E-state index contributed by atoms with van der Waals surface area (Å²) in [6.07, 6.45) is 2.95. The fraction of sp³-hybridized carbons (Fsp3) is 0.0909. The van der Waals surface area contributed by atoms with E-state index in [0.29, 0.717) is 11.3 Å². The monoisotopic (exact) mass is 299 g/mol. The van der Waals surface area contributed by atoms with E-state index < -0.39 is 10.5 Å². The first-order valence-electron chi connectivity index (χ1n) is 5.37. The molecule has 0 atom stereocenters. The summed E-state index contributed by atoms with van der Waals surface area (Å²) in [7, 11) is -3.37. The molecule has 7 nitrogen and oxygen atoms in total. The number of benzene rings is 1. The van der Waals surface area contributed by atoms with E-state index >= 15 is 0 Å². The molecule has 0 aliphatic rings. The molecule has 0 aliphatic heterocycles. The first kappa shape index (κ1) is 14.0. The lowest BCUT2D eigenvalue weighted by Crippen LogP contribution is -2.11. The lowest BCUT2D eigenvalue weighted by molar-refractivity contribution is 0.102. The summed E-state index contributed by atoms with van der Waals surface area (Å²) < 4.78 is 38.4. The summed E-state index contributed by atoms with van der Waals surface area (Å²) in [5.74, 6) is -0.559. The van der Waals surface area contributed by atoms with Gasteiger partial charge in [0.25, 0.3) is 5.91 Å². The number of aromatic nitrogens is 2. The Balaban J connectivity index is 2.06. The summed E-state index contributed by atoms with van der Waals surface area (Å²) in [5.41, 5.74) is 0.779. The van der Waals surface area contributed by atoms with Gasteiger partial charge in [0.05, 0.1) is 11.8 Å². The van der Waals surface area contributed by atoms with Gasteiger partial charge in [-0.15, -0.1) is 0 Å². The SMILES string of the molecule is Cn1cc(C(=O)Nc2ccc(OS(=O)(=O)F)cc2)cn1. The molecule has 1 amide bonds. The minimum absolute atomic E-state index is 0.188. The van der Waals surface area contributed by atoms with Crippen LogP contribution in [0.15, 0.2) is 36.7 Å². The van der Waals surface area contributed by atoms with Crippen molar-refractivity contribution in [3.8, 4) is 5.75 Å². The van der Waals surface area contributed by atoms with E-state index in [9.17, 15) is 17.1 Å². The summed E-state index contributed by atoms with van der Waals surface area (Å²) in [6, 6.07) is 5.20. The van der Waals surface area contributed by atoms with Crippen LogP contribution in [0.1, 0.15) is 10.4 Å². The lowest BCUT2D eigenvalue weighted by Gasteiger charge is -2.04. The summed E-state index contributed by atoms with van der Waals surface area (Å²) in [4.78, 5) is 11.8. The van der Waals surface area contributed by atoms with Gasteiger partial charge in [0.2, 0.25) is 0 Å². The topological polar surface area (TPSA) is 90.3 Å². The number of halogens is 1. The van der Waals surface area contributed by atoms with Crippen molar-refractivity contribution in [3.05, 3.63) is 42.2 Å². The molecule has 9 heteroatoms. The standard InChI is InChI=1S/C11H10FN3O4S/c1-15-7-8(6-13-15)11(16)14-9-2-4-10(5-3-9)19-20(12,17)18/h2-7H,1H3,(H,14,16). The smallest absolute Gasteiger partial charge is 0.358 e. The van der Waals surface area contributed by atoms with Crippen LogP contribution in [0.3, 0.4) is 0 Å². The molecule has 1 aromatic carbocycles. The number of hydrogen-bond acceptors (Lipinski definition) is 5. The maximum Gasteiger partial charge on any atom is 0.488 e. The molecule has 0 fully saturated rings. The number of carbonyl (C=O) groups is 1. The number of anilines is 1. The number of nitrogens with zero attached hydrogens (tertiary/aromatic N) is 2. The molecule has 106 valence electrons. The van der Waals surface area contributed by atoms with Gasteiger partial charge in [-0.05, 0) is 24.3 Å². The van der Waals surface area contributed by atoms with E-state index in [-0.39, 0.29) is 11.7 Å². The second-order valence-electron chi connectivity index (χ2n) is 3.86. The molecular formula is C11H10FN3O4S. The zero-order chi connectivity index (χ0) is 14.8. The van der Waals surface area contributed by atoms with Crippen molar-refractivity contribution in [2.24, 2.45) is 7.05 Å². The molecule has 0 spiro atoms. The molecule has 2 rings (SSSR count). The fourth-order valence-electron chi connectivity index (χ4n) is 1.45. The van der Waals surface area contributed by atoms with Crippen LogP contribution in [0, 0.1) is 0 Å². The normalized spacial score (nSPS) is 11.1. The summed E-state index contributed by atoms with van der Waals surface area (Å²) in [6.45, 7) is 0. The molecule has 2 aromatic rings. The predicted octanol–water partition coefficient (Wildman–Crippen LogP) is 1.27. The molecule has 0 aliphatic carbocycles. The van der Waals surface area contributed by atoms with E-state index in [1.807, 2.05) is 0 Å². The van der Waals surface area contributed by atoms with Crippen molar-refractivity contribution in [1.29, 1.82) is 0 Å². The van der Waals surface area contributed by atoms with Gasteiger partial charge >= 0.3 is 10.5 Å². The largest absolute Gasteiger partial charge is 0.488 e. The highest BCUT2D eigenvalue weighted by Crippen LogP contribution is 2.18. The number of amides is 1. The van der Waals surface area contributed by atoms with Crippen LogP contribution in [0.25, 0.3) is 0 Å². The maximum atomic E-state index is 12.3. The molecule has 0 radical (unpaired) electrons. The average molecular weight is 299 g/mol. The van der Waals surface area contributed by atoms with Crippen LogP contribution in [0.4, 0.5) is 9.57 Å². The highest BCUT2D eigenvalue weighted by Gasteiger charge is 2.11. The zero-order valence-corrected chi connectivity index (χ0v) is 11.1. The minimum atomic E-state index is -5.05. The van der Waals surface area contributed by atoms with Gasteiger partial charge in [0, 0.05) is 18.9 Å². The van der Waals surface area contributed by atoms with Crippen LogP contribution >= 0.6 is 0 Å². The van der Waals surface area contributed by atoms with Crippen LogP contribution in [0.2, 0.25) is 0 Å². The van der Waals surface area contributed by atoms with E-state index in [0.717, 1.165) is 0 Å². The second-order valence-corrected chi connectivity index (χ2v) is 4.81. The average Bonchev–Trinajstić information content (AvgIpc) is 2.77. The third kappa shape index (κ3) is 3.79. The van der Waals surface area contributed by atoms with Crippen molar-refractivity contribution >= 4 is 22.1 Å². The molecule has 1 aromatic heterocycles. The van der Waals surface area contributed by atoms with E-state index in [2.05, 4.69) is 14.6 Å². The Bertz CT molecular complexity index is 724. The Morgan fingerprint density at radius 2 is 2.00 bits per heavy atom. The highest BCUT2D eigenvalue weighted by molar-refractivity contribution is 7.81. The van der Waals surface area contributed by atoms with E-state index in [1.165, 1.54) is 35.1 Å². The van der Waals surface area contributed by atoms with Crippen molar-refractivity contribution in [2.45, 2.75) is 0 Å². The first-order chi connectivity index (χ1) is 9.33. The van der Waals surface area contributed by atoms with Crippen LogP contribution in [-0.4, -0.2) is 24.1 Å².